The van der Waals surface area contributed by atoms with Crippen LogP contribution in [0.4, 0.5) is 22.0 Å². The minimum Gasteiger partial charge on any atom is -0.507 e. The Kier molecular flexibility index (Phi) is 10.7. The fraction of sp³-hybridized carbons (Fsp3) is 0.458. The van der Waals surface area contributed by atoms with Gasteiger partial charge in [-0.3, -0.25) is 24.7 Å². The highest BCUT2D eigenvalue weighted by molar-refractivity contribution is 6.06. The van der Waals surface area contributed by atoms with Crippen LogP contribution < -0.4 is 20.9 Å². The Hall–Kier alpha value is -6.10. The molecule has 2 aromatic carbocycles. The minimum absolute atomic E-state index is 0.0500. The van der Waals surface area contributed by atoms with E-state index in [1.54, 1.807) is 29.3 Å². The molecular formula is C48H54N10O6. The molecule has 16 heteroatoms. The molecule has 0 unspecified atom stereocenters. The van der Waals surface area contributed by atoms with Crippen LogP contribution in [0.25, 0.3) is 22.3 Å². The predicted molar refractivity (Wildman–Crippen MR) is 240 cm³/mol. The number of piperazine rings is 1. The molecule has 3 atom stereocenters. The number of amides is 4. The maximum Gasteiger partial charge on any atom is 0.328 e. The van der Waals surface area contributed by atoms with Crippen molar-refractivity contribution < 1.29 is 29.0 Å². The van der Waals surface area contributed by atoms with E-state index >= 15 is 0 Å². The maximum absolute atomic E-state index is 13.8. The number of hydrogen-bond acceptors (Lipinski definition) is 12. The van der Waals surface area contributed by atoms with Crippen LogP contribution in [0.2, 0.25) is 0 Å². The van der Waals surface area contributed by atoms with Gasteiger partial charge in [-0.25, -0.2) is 9.78 Å². The molecule has 7 heterocycles. The zero-order valence-corrected chi connectivity index (χ0v) is 35.8. The monoisotopic (exact) mass is 866 g/mol. The van der Waals surface area contributed by atoms with E-state index < -0.39 is 0 Å². The van der Waals surface area contributed by atoms with Crippen LogP contribution in [0.15, 0.2) is 73.1 Å². The van der Waals surface area contributed by atoms with E-state index in [-0.39, 0.29) is 48.3 Å². The highest BCUT2D eigenvalue weighted by Gasteiger charge is 2.43. The number of nitrogen functional groups attached to an aromatic ring is 1. The molecule has 0 spiro atoms. The smallest absolute Gasteiger partial charge is 0.328 e. The summed E-state index contributed by atoms with van der Waals surface area (Å²) >= 11 is 0. The van der Waals surface area contributed by atoms with Crippen molar-refractivity contribution >= 4 is 46.1 Å². The van der Waals surface area contributed by atoms with E-state index in [0.717, 1.165) is 73.3 Å². The number of hydrogen-bond donors (Lipinski definition) is 3. The Balaban J connectivity index is 0.690. The first-order valence-corrected chi connectivity index (χ1v) is 22.9. The number of pyridine rings is 1. The molecule has 2 aliphatic carbocycles. The first kappa shape index (κ1) is 40.7. The quantitative estimate of drug-likeness (QED) is 0.166. The van der Waals surface area contributed by atoms with Gasteiger partial charge in [0, 0.05) is 81.0 Å². The number of anilines is 3. The van der Waals surface area contributed by atoms with Gasteiger partial charge in [0.05, 0.1) is 42.5 Å². The van der Waals surface area contributed by atoms with E-state index in [1.807, 2.05) is 41.3 Å². The summed E-state index contributed by atoms with van der Waals surface area (Å²) in [5, 5.41) is 22.6. The Morgan fingerprint density at radius 3 is 2.47 bits per heavy atom. The van der Waals surface area contributed by atoms with Gasteiger partial charge in [0.15, 0.2) is 5.82 Å². The highest BCUT2D eigenvalue weighted by atomic mass is 16.6. The number of phenolic OH excluding ortho intramolecular Hbond substituents is 1. The van der Waals surface area contributed by atoms with Crippen LogP contribution in [0, 0.1) is 5.92 Å². The molecule has 4 aliphatic heterocycles. The number of nitrogens with two attached hydrogens (primary N) is 1. The molecular weight excluding hydrogens is 813 g/mol. The lowest BCUT2D eigenvalue weighted by Crippen LogP contribution is -2.52. The number of aromatic nitrogens is 4. The summed E-state index contributed by atoms with van der Waals surface area (Å²) < 4.78 is 14.9. The second-order valence-corrected chi connectivity index (χ2v) is 18.4. The van der Waals surface area contributed by atoms with Crippen molar-refractivity contribution in [3.8, 4) is 17.0 Å². The molecule has 4 N–H and O–H groups in total. The number of rotatable bonds is 9. The number of aromatic hydroxyl groups is 1. The molecule has 6 aliphatic rings. The maximum atomic E-state index is 13.8. The molecule has 64 heavy (non-hydrogen) atoms. The topological polar surface area (TPSA) is 185 Å². The molecule has 0 bridgehead atoms. The number of imide groups is 1. The predicted octanol–water partition coefficient (Wildman–Crippen LogP) is 5.64. The molecule has 11 rings (SSSR count). The van der Waals surface area contributed by atoms with Crippen molar-refractivity contribution in [1.82, 2.24) is 34.9 Å². The minimum atomic E-state index is -0.380. The molecule has 0 radical (unpaired) electrons. The summed E-state index contributed by atoms with van der Waals surface area (Å²) in [6.07, 6.45) is 10.8. The van der Waals surface area contributed by atoms with Crippen LogP contribution in [-0.4, -0.2) is 124 Å². The number of carbonyl (C=O) groups is 3. The Morgan fingerprint density at radius 2 is 1.70 bits per heavy atom. The first-order valence-electron chi connectivity index (χ1n) is 22.9. The number of ether oxygens (including phenoxy) is 2. The molecule has 4 saturated heterocycles. The number of nitrogens with one attached hydrogen (secondary N) is 1. The number of morpholine rings is 1. The SMILES string of the molecule is Nc1nnc(-c2ccccc2O)cc1N1C[C@@H](c2ccc(C(=O)N3CCN(CC4CCC(n5cc(C6CC6)c6cc(N7CCC(=O)NC7=O)cnc65)CC4)CC3)cc2)O[C@H]2COC[C@H]21. The molecule has 6 fully saturated rings. The lowest BCUT2D eigenvalue weighted by Gasteiger charge is -2.42. The van der Waals surface area contributed by atoms with Crippen LogP contribution in [0.5, 0.6) is 5.75 Å². The van der Waals surface area contributed by atoms with Crippen molar-refractivity contribution in [1.29, 1.82) is 0 Å². The second kappa shape index (κ2) is 16.8. The Labute approximate surface area is 371 Å². The van der Waals surface area contributed by atoms with E-state index in [2.05, 4.69) is 42.1 Å². The van der Waals surface area contributed by atoms with Gasteiger partial charge < -0.3 is 34.7 Å². The Morgan fingerprint density at radius 1 is 0.906 bits per heavy atom. The van der Waals surface area contributed by atoms with Gasteiger partial charge in [-0.2, -0.15) is 0 Å². The number of urea groups is 1. The molecule has 3 aromatic heterocycles. The third-order valence-electron chi connectivity index (χ3n) is 14.4. The van der Waals surface area contributed by atoms with Crippen LogP contribution in [0.1, 0.15) is 84.5 Å². The number of carbonyl (C=O) groups excluding carboxylic acids is 3. The van der Waals surface area contributed by atoms with Gasteiger partial charge in [-0.1, -0.05) is 24.3 Å². The normalized spacial score (nSPS) is 25.4. The van der Waals surface area contributed by atoms with Crippen LogP contribution in [-0.2, 0) is 14.3 Å². The first-order chi connectivity index (χ1) is 31.2. The summed E-state index contributed by atoms with van der Waals surface area (Å²) in [7, 11) is 0. The zero-order chi connectivity index (χ0) is 43.5. The van der Waals surface area contributed by atoms with Gasteiger partial charge in [-0.15, -0.1) is 10.2 Å². The highest BCUT2D eigenvalue weighted by Crippen LogP contribution is 2.46. The third kappa shape index (κ3) is 7.81. The average molecular weight is 867 g/mol. The standard InChI is InChI=1S/C48H54N10O6/c49-45-39(22-38(52-53-45)35-3-1-2-4-41(35)59)58-26-42(64-43-28-63-27-40(43)58)31-9-11-32(12-10-31)47(61)55-19-17-54(18-20-55)24-29-5-13-33(14-6-29)57-25-37(30-7-8-30)36-21-34(23-50-46(36)57)56-16-15-44(60)51-48(56)62/h1-4,9-12,21-23,25,29-30,33,40,42-43,59H,5-8,13-20,24,26-28H2,(H2,49,53)(H,51,60,62)/t29?,33?,40-,42+,43+/m1/s1. The van der Waals surface area contributed by atoms with Gasteiger partial charge in [-0.05, 0) is 97.9 Å². The fourth-order valence-corrected chi connectivity index (χ4v) is 10.6. The summed E-state index contributed by atoms with van der Waals surface area (Å²) in [5.74, 6) is 1.39. The van der Waals surface area contributed by atoms with Crippen LogP contribution >= 0.6 is 0 Å². The third-order valence-corrected chi connectivity index (χ3v) is 14.4. The van der Waals surface area contributed by atoms with Gasteiger partial charge in [0.2, 0.25) is 5.91 Å². The van der Waals surface area contributed by atoms with Crippen molar-refractivity contribution in [2.75, 3.05) is 74.6 Å². The number of nitrogens with zero attached hydrogens (tertiary/aromatic N) is 8. The van der Waals surface area contributed by atoms with E-state index in [1.165, 1.54) is 18.4 Å². The lowest BCUT2D eigenvalue weighted by molar-refractivity contribution is -0.120. The number of benzene rings is 2. The molecule has 2 saturated carbocycles. The van der Waals surface area contributed by atoms with Crippen molar-refractivity contribution in [3.63, 3.8) is 0 Å². The van der Waals surface area contributed by atoms with E-state index in [4.69, 9.17) is 20.2 Å². The number of fused-ring (bicyclic) bond motifs is 2. The number of phenols is 1. The van der Waals surface area contributed by atoms with Crippen molar-refractivity contribution in [2.24, 2.45) is 5.92 Å². The molecule has 4 amide bonds. The zero-order valence-electron chi connectivity index (χ0n) is 35.8. The summed E-state index contributed by atoms with van der Waals surface area (Å²) in [5.41, 5.74) is 13.0. The second-order valence-electron chi connectivity index (χ2n) is 18.4. The molecule has 5 aromatic rings. The van der Waals surface area contributed by atoms with Crippen molar-refractivity contribution in [2.45, 2.75) is 75.2 Å². The Bertz CT molecular complexity index is 2580. The number of para-hydroxylation sites is 1. The van der Waals surface area contributed by atoms with Crippen molar-refractivity contribution in [3.05, 3.63) is 89.7 Å². The molecule has 16 nitrogen and oxygen atoms in total. The summed E-state index contributed by atoms with van der Waals surface area (Å²) in [6.45, 7) is 6.01. The summed E-state index contributed by atoms with van der Waals surface area (Å²) in [6, 6.07) is 18.8. The van der Waals surface area contributed by atoms with E-state index in [9.17, 15) is 19.5 Å². The van der Waals surface area contributed by atoms with Gasteiger partial charge >= 0.3 is 6.03 Å². The van der Waals surface area contributed by atoms with E-state index in [0.29, 0.717) is 79.9 Å². The van der Waals surface area contributed by atoms with Gasteiger partial charge in [0.25, 0.3) is 5.91 Å². The lowest BCUT2D eigenvalue weighted by atomic mass is 9.85. The van der Waals surface area contributed by atoms with Crippen LogP contribution in [0.3, 0.4) is 0 Å². The largest absolute Gasteiger partial charge is 0.507 e. The average Bonchev–Trinajstić information content (AvgIpc) is 3.92. The van der Waals surface area contributed by atoms with Gasteiger partial charge in [0.1, 0.15) is 23.6 Å². The summed E-state index contributed by atoms with van der Waals surface area (Å²) in [4.78, 5) is 51.4. The molecule has 332 valence electrons. The fourth-order valence-electron chi connectivity index (χ4n) is 10.6.